The van der Waals surface area contributed by atoms with Crippen LogP contribution in [0.2, 0.25) is 0 Å². The number of likely N-dealkylation sites (tertiary alicyclic amines) is 1. The molecule has 2 heterocycles. The van der Waals surface area contributed by atoms with E-state index in [2.05, 4.69) is 12.2 Å². The summed E-state index contributed by atoms with van der Waals surface area (Å²) in [5.74, 6) is -0.00385. The molecule has 0 aromatic rings. The van der Waals surface area contributed by atoms with Crippen molar-refractivity contribution in [3.05, 3.63) is 0 Å². The Bertz CT molecular complexity index is 340. The standard InChI is InChI=1S/C14H24N2O3/c1-2-10-4-6-16(12(7-10)14(18)19)13(17)8-11-3-5-15-9-11/h10-12,15H,2-9H2,1H3,(H,18,19). The Hall–Kier alpha value is -1.10. The molecule has 2 aliphatic rings. The third-order valence-corrected chi connectivity index (χ3v) is 4.52. The maximum atomic E-state index is 12.3. The van der Waals surface area contributed by atoms with Gasteiger partial charge in [-0.25, -0.2) is 4.79 Å². The predicted octanol–water partition coefficient (Wildman–Crippen LogP) is 1.09. The van der Waals surface area contributed by atoms with Crippen molar-refractivity contribution in [1.82, 2.24) is 10.2 Å². The summed E-state index contributed by atoms with van der Waals surface area (Å²) >= 11 is 0. The van der Waals surface area contributed by atoms with Crippen LogP contribution < -0.4 is 5.32 Å². The number of nitrogens with one attached hydrogen (secondary N) is 1. The molecular weight excluding hydrogens is 244 g/mol. The molecule has 2 rings (SSSR count). The first kappa shape index (κ1) is 14.3. The van der Waals surface area contributed by atoms with Crippen molar-refractivity contribution in [2.45, 2.75) is 45.1 Å². The molecule has 0 spiro atoms. The van der Waals surface area contributed by atoms with E-state index in [0.717, 1.165) is 32.4 Å². The van der Waals surface area contributed by atoms with E-state index in [9.17, 15) is 14.7 Å². The molecule has 0 aliphatic carbocycles. The van der Waals surface area contributed by atoms with Gasteiger partial charge in [-0.1, -0.05) is 13.3 Å². The van der Waals surface area contributed by atoms with Crippen LogP contribution in [0.4, 0.5) is 0 Å². The van der Waals surface area contributed by atoms with Crippen LogP contribution >= 0.6 is 0 Å². The molecular formula is C14H24N2O3. The fourth-order valence-corrected chi connectivity index (χ4v) is 3.19. The Morgan fingerprint density at radius 3 is 2.68 bits per heavy atom. The maximum absolute atomic E-state index is 12.3. The summed E-state index contributed by atoms with van der Waals surface area (Å²) in [5.41, 5.74) is 0. The number of hydrogen-bond donors (Lipinski definition) is 2. The highest BCUT2D eigenvalue weighted by Gasteiger charge is 2.36. The van der Waals surface area contributed by atoms with E-state index in [4.69, 9.17) is 0 Å². The molecule has 0 aromatic carbocycles. The lowest BCUT2D eigenvalue weighted by molar-refractivity contribution is -0.153. The van der Waals surface area contributed by atoms with Gasteiger partial charge in [-0.05, 0) is 44.2 Å². The first-order chi connectivity index (χ1) is 9.11. The van der Waals surface area contributed by atoms with Crippen LogP contribution in [0, 0.1) is 11.8 Å². The lowest BCUT2D eigenvalue weighted by Gasteiger charge is -2.37. The second-order valence-electron chi connectivity index (χ2n) is 5.80. The molecule has 2 saturated heterocycles. The highest BCUT2D eigenvalue weighted by Crippen LogP contribution is 2.27. The molecule has 108 valence electrons. The van der Waals surface area contributed by atoms with Crippen LogP contribution in [-0.2, 0) is 9.59 Å². The Morgan fingerprint density at radius 2 is 2.11 bits per heavy atom. The van der Waals surface area contributed by atoms with Crippen molar-refractivity contribution >= 4 is 11.9 Å². The number of hydrogen-bond acceptors (Lipinski definition) is 3. The minimum atomic E-state index is -0.851. The fourth-order valence-electron chi connectivity index (χ4n) is 3.19. The van der Waals surface area contributed by atoms with Gasteiger partial charge in [0.05, 0.1) is 0 Å². The summed E-state index contributed by atoms with van der Waals surface area (Å²) in [6.45, 7) is 4.55. The molecule has 2 N–H and O–H groups in total. The first-order valence-corrected chi connectivity index (χ1v) is 7.34. The SMILES string of the molecule is CCC1CCN(C(=O)CC2CCNC2)C(C(=O)O)C1. The number of aliphatic carboxylic acids is 1. The van der Waals surface area contributed by atoms with Crippen molar-refractivity contribution in [2.24, 2.45) is 11.8 Å². The number of carboxylic acid groups (broad SMARTS) is 1. The van der Waals surface area contributed by atoms with E-state index in [0.29, 0.717) is 31.2 Å². The number of nitrogens with zero attached hydrogens (tertiary/aromatic N) is 1. The van der Waals surface area contributed by atoms with Gasteiger partial charge in [0.25, 0.3) is 0 Å². The number of rotatable bonds is 4. The predicted molar refractivity (Wildman–Crippen MR) is 71.7 cm³/mol. The second kappa shape index (κ2) is 6.37. The summed E-state index contributed by atoms with van der Waals surface area (Å²) in [7, 11) is 0. The van der Waals surface area contributed by atoms with Crippen LogP contribution in [0.1, 0.15) is 39.0 Å². The molecule has 2 fully saturated rings. The van der Waals surface area contributed by atoms with Gasteiger partial charge < -0.3 is 15.3 Å². The third-order valence-electron chi connectivity index (χ3n) is 4.52. The molecule has 3 unspecified atom stereocenters. The second-order valence-corrected chi connectivity index (χ2v) is 5.80. The Kier molecular flexibility index (Phi) is 4.80. The summed E-state index contributed by atoms with van der Waals surface area (Å²) in [4.78, 5) is 25.3. The molecule has 1 amide bonds. The average Bonchev–Trinajstić information content (AvgIpc) is 2.90. The lowest BCUT2D eigenvalue weighted by atomic mass is 9.88. The van der Waals surface area contributed by atoms with Gasteiger partial charge in [0.15, 0.2) is 0 Å². The molecule has 5 nitrogen and oxygen atoms in total. The van der Waals surface area contributed by atoms with Gasteiger partial charge in [0, 0.05) is 13.0 Å². The Labute approximate surface area is 114 Å². The smallest absolute Gasteiger partial charge is 0.326 e. The minimum Gasteiger partial charge on any atom is -0.480 e. The Morgan fingerprint density at radius 1 is 1.32 bits per heavy atom. The van der Waals surface area contributed by atoms with Gasteiger partial charge in [0.2, 0.25) is 5.91 Å². The van der Waals surface area contributed by atoms with Gasteiger partial charge in [-0.3, -0.25) is 4.79 Å². The van der Waals surface area contributed by atoms with Crippen molar-refractivity contribution in [1.29, 1.82) is 0 Å². The van der Waals surface area contributed by atoms with Gasteiger partial charge in [-0.2, -0.15) is 0 Å². The zero-order valence-corrected chi connectivity index (χ0v) is 11.6. The van der Waals surface area contributed by atoms with Crippen LogP contribution in [0.15, 0.2) is 0 Å². The van der Waals surface area contributed by atoms with Crippen LogP contribution in [0.5, 0.6) is 0 Å². The number of carbonyl (C=O) groups is 2. The average molecular weight is 268 g/mol. The van der Waals surface area contributed by atoms with Crippen molar-refractivity contribution < 1.29 is 14.7 Å². The number of amides is 1. The highest BCUT2D eigenvalue weighted by atomic mass is 16.4. The molecule has 2 aliphatic heterocycles. The van der Waals surface area contributed by atoms with E-state index in [-0.39, 0.29) is 5.91 Å². The largest absolute Gasteiger partial charge is 0.480 e. The van der Waals surface area contributed by atoms with E-state index in [1.807, 2.05) is 0 Å². The van der Waals surface area contributed by atoms with Gasteiger partial charge in [0.1, 0.15) is 6.04 Å². The van der Waals surface area contributed by atoms with E-state index in [1.165, 1.54) is 0 Å². The number of carboxylic acids is 1. The van der Waals surface area contributed by atoms with Crippen molar-refractivity contribution in [3.63, 3.8) is 0 Å². The fraction of sp³-hybridized carbons (Fsp3) is 0.857. The Balaban J connectivity index is 1.96. The zero-order chi connectivity index (χ0) is 13.8. The summed E-state index contributed by atoms with van der Waals surface area (Å²) in [5, 5.41) is 12.6. The van der Waals surface area contributed by atoms with E-state index < -0.39 is 12.0 Å². The normalized spacial score (nSPS) is 31.4. The summed E-state index contributed by atoms with van der Waals surface area (Å²) < 4.78 is 0. The molecule has 3 atom stereocenters. The summed E-state index contributed by atoms with van der Waals surface area (Å²) in [6.07, 6.45) is 4.07. The van der Waals surface area contributed by atoms with Gasteiger partial charge in [-0.15, -0.1) is 0 Å². The molecule has 0 radical (unpaired) electrons. The lowest BCUT2D eigenvalue weighted by Crippen LogP contribution is -2.50. The monoisotopic (exact) mass is 268 g/mol. The van der Waals surface area contributed by atoms with Crippen LogP contribution in [0.25, 0.3) is 0 Å². The van der Waals surface area contributed by atoms with Crippen molar-refractivity contribution in [2.75, 3.05) is 19.6 Å². The molecule has 19 heavy (non-hydrogen) atoms. The zero-order valence-electron chi connectivity index (χ0n) is 11.6. The van der Waals surface area contributed by atoms with Crippen LogP contribution in [0.3, 0.4) is 0 Å². The highest BCUT2D eigenvalue weighted by molar-refractivity contribution is 5.84. The number of carbonyl (C=O) groups excluding carboxylic acids is 1. The first-order valence-electron chi connectivity index (χ1n) is 7.34. The maximum Gasteiger partial charge on any atom is 0.326 e. The van der Waals surface area contributed by atoms with Crippen molar-refractivity contribution in [3.8, 4) is 0 Å². The molecule has 0 aromatic heterocycles. The topological polar surface area (TPSA) is 69.6 Å². The van der Waals surface area contributed by atoms with Crippen LogP contribution in [-0.4, -0.2) is 47.6 Å². The van der Waals surface area contributed by atoms with Gasteiger partial charge >= 0.3 is 5.97 Å². The molecule has 0 saturated carbocycles. The summed E-state index contributed by atoms with van der Waals surface area (Å²) in [6, 6.07) is -0.611. The molecule has 5 heteroatoms. The quantitative estimate of drug-likeness (QED) is 0.800. The number of piperidine rings is 1. The molecule has 0 bridgehead atoms. The third kappa shape index (κ3) is 3.47. The van der Waals surface area contributed by atoms with E-state index >= 15 is 0 Å². The van der Waals surface area contributed by atoms with E-state index in [1.54, 1.807) is 4.90 Å². The minimum absolute atomic E-state index is 0.0238.